The van der Waals surface area contributed by atoms with Crippen molar-refractivity contribution in [3.05, 3.63) is 53.0 Å². The minimum absolute atomic E-state index is 0.100. The zero-order valence-electron chi connectivity index (χ0n) is 12.9. The molecule has 1 aromatic heterocycles. The summed E-state index contributed by atoms with van der Waals surface area (Å²) in [7, 11) is 0. The minimum atomic E-state index is -0.116. The van der Waals surface area contributed by atoms with Gasteiger partial charge in [0, 0.05) is 37.1 Å². The van der Waals surface area contributed by atoms with E-state index in [-0.39, 0.29) is 11.8 Å². The lowest BCUT2D eigenvalue weighted by Gasteiger charge is -2.33. The predicted molar refractivity (Wildman–Crippen MR) is 95.2 cm³/mol. The molecule has 0 aliphatic carbocycles. The van der Waals surface area contributed by atoms with Crippen LogP contribution in [0.3, 0.4) is 0 Å². The van der Waals surface area contributed by atoms with Gasteiger partial charge < -0.3 is 9.80 Å². The summed E-state index contributed by atoms with van der Waals surface area (Å²) in [6.45, 7) is 5.50. The Morgan fingerprint density at radius 3 is 2.50 bits per heavy atom. The number of aromatic nitrogens is 1. The first kappa shape index (κ1) is 16.7. The molecule has 7 heteroatoms. The lowest BCUT2D eigenvalue weighted by Crippen LogP contribution is -2.50. The second-order valence-corrected chi connectivity index (χ2v) is 6.60. The van der Waals surface area contributed by atoms with Gasteiger partial charge in [0.25, 0.3) is 5.91 Å². The van der Waals surface area contributed by atoms with Gasteiger partial charge in [0.1, 0.15) is 10.7 Å². The van der Waals surface area contributed by atoms with Crippen LogP contribution < -0.4 is 0 Å². The van der Waals surface area contributed by atoms with Crippen molar-refractivity contribution in [1.29, 1.82) is 0 Å². The number of amides is 2. The second-order valence-electron chi connectivity index (χ2n) is 5.34. The van der Waals surface area contributed by atoms with Crippen LogP contribution in [0, 0.1) is 0 Å². The molecular formula is C17H16ClN3O2S. The lowest BCUT2D eigenvalue weighted by molar-refractivity contribution is -0.127. The molecule has 0 saturated carbocycles. The first-order valence-corrected chi connectivity index (χ1v) is 8.77. The van der Waals surface area contributed by atoms with Crippen LogP contribution in [-0.2, 0) is 4.79 Å². The van der Waals surface area contributed by atoms with Crippen molar-refractivity contribution in [2.75, 3.05) is 26.2 Å². The van der Waals surface area contributed by atoms with Gasteiger partial charge in [0.2, 0.25) is 5.91 Å². The summed E-state index contributed by atoms with van der Waals surface area (Å²) < 4.78 is 0. The molecule has 124 valence electrons. The van der Waals surface area contributed by atoms with Crippen LogP contribution in [0.25, 0.3) is 10.6 Å². The Hall–Kier alpha value is -2.18. The zero-order chi connectivity index (χ0) is 17.1. The van der Waals surface area contributed by atoms with Crippen molar-refractivity contribution in [1.82, 2.24) is 14.8 Å². The van der Waals surface area contributed by atoms with Gasteiger partial charge in [-0.05, 0) is 12.1 Å². The van der Waals surface area contributed by atoms with Gasteiger partial charge >= 0.3 is 0 Å². The summed E-state index contributed by atoms with van der Waals surface area (Å²) in [5.74, 6) is -0.216. The molecule has 1 fully saturated rings. The number of piperazine rings is 1. The van der Waals surface area contributed by atoms with Crippen LogP contribution in [0.4, 0.5) is 0 Å². The monoisotopic (exact) mass is 361 g/mol. The Morgan fingerprint density at radius 1 is 1.17 bits per heavy atom. The average molecular weight is 362 g/mol. The predicted octanol–water partition coefficient (Wildman–Crippen LogP) is 2.93. The van der Waals surface area contributed by atoms with E-state index in [2.05, 4.69) is 11.6 Å². The normalized spacial score (nSPS) is 14.5. The van der Waals surface area contributed by atoms with E-state index in [9.17, 15) is 9.59 Å². The van der Waals surface area contributed by atoms with E-state index in [0.29, 0.717) is 36.9 Å². The summed E-state index contributed by atoms with van der Waals surface area (Å²) in [5.41, 5.74) is 1.24. The summed E-state index contributed by atoms with van der Waals surface area (Å²) in [6.07, 6.45) is 1.30. The summed E-state index contributed by atoms with van der Waals surface area (Å²) >= 11 is 7.58. The first-order chi connectivity index (χ1) is 11.6. The molecule has 5 nitrogen and oxygen atoms in total. The topological polar surface area (TPSA) is 53.5 Å². The molecule has 1 aliphatic heterocycles. The molecule has 0 radical (unpaired) electrons. The number of thiazole rings is 1. The number of halogens is 1. The number of carbonyl (C=O) groups is 2. The molecular weight excluding hydrogens is 346 g/mol. The van der Waals surface area contributed by atoms with E-state index in [1.807, 2.05) is 18.2 Å². The van der Waals surface area contributed by atoms with E-state index >= 15 is 0 Å². The largest absolute Gasteiger partial charge is 0.336 e. The zero-order valence-corrected chi connectivity index (χ0v) is 14.5. The fraction of sp³-hybridized carbons (Fsp3) is 0.235. The molecule has 0 unspecified atom stereocenters. The van der Waals surface area contributed by atoms with Crippen molar-refractivity contribution >= 4 is 34.8 Å². The van der Waals surface area contributed by atoms with Crippen LogP contribution in [-0.4, -0.2) is 52.8 Å². The van der Waals surface area contributed by atoms with E-state index < -0.39 is 0 Å². The Morgan fingerprint density at radius 2 is 1.83 bits per heavy atom. The van der Waals surface area contributed by atoms with Gasteiger partial charge in [-0.2, -0.15) is 0 Å². The van der Waals surface area contributed by atoms with Gasteiger partial charge in [-0.3, -0.25) is 9.59 Å². The molecule has 0 atom stereocenters. The highest BCUT2D eigenvalue weighted by Gasteiger charge is 2.25. The number of benzene rings is 1. The quantitative estimate of drug-likeness (QED) is 0.790. The molecule has 1 aromatic carbocycles. The molecule has 24 heavy (non-hydrogen) atoms. The van der Waals surface area contributed by atoms with Crippen molar-refractivity contribution in [3.63, 3.8) is 0 Å². The molecule has 2 heterocycles. The van der Waals surface area contributed by atoms with Crippen LogP contribution in [0.5, 0.6) is 0 Å². The molecule has 2 amide bonds. The van der Waals surface area contributed by atoms with Crippen LogP contribution in [0.1, 0.15) is 10.5 Å². The van der Waals surface area contributed by atoms with Crippen molar-refractivity contribution in [2.24, 2.45) is 0 Å². The molecule has 0 bridgehead atoms. The van der Waals surface area contributed by atoms with Gasteiger partial charge in [-0.1, -0.05) is 36.4 Å². The number of hydrogen-bond acceptors (Lipinski definition) is 4. The van der Waals surface area contributed by atoms with Crippen LogP contribution >= 0.6 is 22.9 Å². The van der Waals surface area contributed by atoms with Crippen molar-refractivity contribution < 1.29 is 9.59 Å². The van der Waals surface area contributed by atoms with Gasteiger partial charge in [-0.25, -0.2) is 4.98 Å². The van der Waals surface area contributed by atoms with Gasteiger partial charge in [0.05, 0.1) is 5.02 Å². The molecule has 1 saturated heterocycles. The number of nitrogens with zero attached hydrogens (tertiary/aromatic N) is 3. The molecule has 2 aromatic rings. The third-order valence-corrected chi connectivity index (χ3v) is 5.09. The highest BCUT2D eigenvalue weighted by atomic mass is 35.5. The Bertz CT molecular complexity index is 782. The Balaban J connectivity index is 1.70. The summed E-state index contributed by atoms with van der Waals surface area (Å²) in [4.78, 5) is 32.0. The first-order valence-electron chi connectivity index (χ1n) is 7.51. The van der Waals surface area contributed by atoms with E-state index in [4.69, 9.17) is 11.6 Å². The van der Waals surface area contributed by atoms with E-state index in [1.165, 1.54) is 17.4 Å². The highest BCUT2D eigenvalue weighted by Crippen LogP contribution is 2.30. The number of carbonyl (C=O) groups excluding carboxylic acids is 2. The molecule has 1 aliphatic rings. The molecule has 0 spiro atoms. The fourth-order valence-corrected chi connectivity index (χ4v) is 3.67. The third kappa shape index (κ3) is 3.34. The van der Waals surface area contributed by atoms with Gasteiger partial charge in [0.15, 0.2) is 0 Å². The van der Waals surface area contributed by atoms with E-state index in [1.54, 1.807) is 21.2 Å². The maximum atomic E-state index is 12.6. The SMILES string of the molecule is C=CC(=O)N1CCN(C(=O)c2csc(-c3ccccc3Cl)n2)CC1. The van der Waals surface area contributed by atoms with Crippen LogP contribution in [0.2, 0.25) is 5.02 Å². The summed E-state index contributed by atoms with van der Waals surface area (Å²) in [6, 6.07) is 7.43. The maximum Gasteiger partial charge on any atom is 0.273 e. The smallest absolute Gasteiger partial charge is 0.273 e. The van der Waals surface area contributed by atoms with Gasteiger partial charge in [-0.15, -0.1) is 11.3 Å². The summed E-state index contributed by atoms with van der Waals surface area (Å²) in [5, 5.41) is 3.09. The van der Waals surface area contributed by atoms with Crippen LogP contribution in [0.15, 0.2) is 42.3 Å². The molecule has 0 N–H and O–H groups in total. The van der Waals surface area contributed by atoms with Crippen molar-refractivity contribution in [3.8, 4) is 10.6 Å². The number of rotatable bonds is 3. The lowest BCUT2D eigenvalue weighted by atomic mass is 10.2. The fourth-order valence-electron chi connectivity index (χ4n) is 2.55. The highest BCUT2D eigenvalue weighted by molar-refractivity contribution is 7.13. The maximum absolute atomic E-state index is 12.6. The third-order valence-electron chi connectivity index (χ3n) is 3.88. The number of hydrogen-bond donors (Lipinski definition) is 0. The standard InChI is InChI=1S/C17H16ClN3O2S/c1-2-15(22)20-7-9-21(10-8-20)17(23)14-11-24-16(19-14)12-5-3-4-6-13(12)18/h2-6,11H,1,7-10H2. The second kappa shape index (κ2) is 7.15. The Labute approximate surface area is 149 Å². The average Bonchev–Trinajstić information content (AvgIpc) is 3.11. The molecule has 3 rings (SSSR count). The Kier molecular flexibility index (Phi) is 4.97. The minimum Gasteiger partial charge on any atom is -0.336 e. The van der Waals surface area contributed by atoms with Crippen molar-refractivity contribution in [2.45, 2.75) is 0 Å². The van der Waals surface area contributed by atoms with E-state index in [0.717, 1.165) is 10.6 Å².